The molecule has 9 heteroatoms. The van der Waals surface area contributed by atoms with Crippen LogP contribution in [0.3, 0.4) is 0 Å². The van der Waals surface area contributed by atoms with E-state index in [1.165, 1.54) is 0 Å². The lowest BCUT2D eigenvalue weighted by Gasteiger charge is -2.19. The quantitative estimate of drug-likeness (QED) is 0.230. The van der Waals surface area contributed by atoms with Gasteiger partial charge in [0.15, 0.2) is 11.5 Å². The summed E-state index contributed by atoms with van der Waals surface area (Å²) in [6, 6.07) is 24.0. The number of aryl methyl sites for hydroxylation is 3. The van der Waals surface area contributed by atoms with Gasteiger partial charge in [0.1, 0.15) is 30.6 Å². The number of nitrogens with zero attached hydrogens (tertiary/aromatic N) is 4. The van der Waals surface area contributed by atoms with Gasteiger partial charge in [-0.15, -0.1) is 0 Å². The molecule has 0 spiro atoms. The molecule has 0 bridgehead atoms. The summed E-state index contributed by atoms with van der Waals surface area (Å²) < 4.78 is 19.8. The predicted molar refractivity (Wildman–Crippen MR) is 156 cm³/mol. The second-order valence-electron chi connectivity index (χ2n) is 10.5. The van der Waals surface area contributed by atoms with Crippen LogP contribution >= 0.6 is 0 Å². The zero-order chi connectivity index (χ0) is 29.2. The van der Waals surface area contributed by atoms with Crippen LogP contribution < -0.4 is 0 Å². The van der Waals surface area contributed by atoms with E-state index >= 15 is 0 Å². The molecule has 0 N–H and O–H groups in total. The maximum Gasteiger partial charge on any atom is 0.338 e. The molecule has 0 unspecified atom stereocenters. The van der Waals surface area contributed by atoms with Crippen LogP contribution in [0, 0.1) is 20.8 Å². The van der Waals surface area contributed by atoms with E-state index in [-0.39, 0.29) is 6.61 Å². The number of hydrogen-bond donors (Lipinski definition) is 0. The number of carbonyl (C=O) groups excluding carboxylic acids is 2. The Morgan fingerprint density at radius 2 is 1.50 bits per heavy atom. The Balaban J connectivity index is 1.27. The van der Waals surface area contributed by atoms with Crippen molar-refractivity contribution in [3.63, 3.8) is 0 Å². The van der Waals surface area contributed by atoms with E-state index in [1.807, 2.05) is 79.9 Å². The second-order valence-corrected chi connectivity index (χ2v) is 10.5. The van der Waals surface area contributed by atoms with Gasteiger partial charge in [0.05, 0.1) is 23.1 Å². The molecule has 212 valence electrons. The van der Waals surface area contributed by atoms with Crippen LogP contribution in [0.1, 0.15) is 50.2 Å². The van der Waals surface area contributed by atoms with Gasteiger partial charge in [-0.3, -0.25) is 4.57 Å². The molecule has 0 aliphatic carbocycles. The first-order valence-corrected chi connectivity index (χ1v) is 13.8. The molecule has 1 fully saturated rings. The number of fused-ring (bicyclic) bond motifs is 1. The van der Waals surface area contributed by atoms with Gasteiger partial charge in [0.25, 0.3) is 0 Å². The van der Waals surface area contributed by atoms with Gasteiger partial charge in [-0.25, -0.2) is 24.5 Å². The molecule has 1 aliphatic heterocycles. The van der Waals surface area contributed by atoms with Crippen molar-refractivity contribution >= 4 is 23.1 Å². The highest BCUT2D eigenvalue weighted by atomic mass is 16.6. The Kier molecular flexibility index (Phi) is 7.50. The molecule has 3 atom stereocenters. The van der Waals surface area contributed by atoms with Crippen LogP contribution in [0.15, 0.2) is 85.2 Å². The van der Waals surface area contributed by atoms with Crippen molar-refractivity contribution in [2.45, 2.75) is 45.6 Å². The summed E-state index contributed by atoms with van der Waals surface area (Å²) in [4.78, 5) is 39.9. The largest absolute Gasteiger partial charge is 0.459 e. The monoisotopic (exact) mass is 562 g/mol. The maximum atomic E-state index is 13.1. The van der Waals surface area contributed by atoms with E-state index in [0.717, 1.165) is 22.4 Å². The smallest absolute Gasteiger partial charge is 0.338 e. The summed E-state index contributed by atoms with van der Waals surface area (Å²) in [5, 5.41) is 0. The zero-order valence-corrected chi connectivity index (χ0v) is 23.6. The normalized spacial score (nSPS) is 18.2. The number of hydrogen-bond acceptors (Lipinski definition) is 8. The number of ether oxygens (including phenoxy) is 3. The Hall–Kier alpha value is -4.89. The lowest BCUT2D eigenvalue weighted by molar-refractivity contribution is -0.0563. The molecule has 5 aromatic rings. The Labute approximate surface area is 243 Å². The summed E-state index contributed by atoms with van der Waals surface area (Å²) in [7, 11) is 0. The fourth-order valence-electron chi connectivity index (χ4n) is 4.96. The maximum absolute atomic E-state index is 13.1. The highest BCUT2D eigenvalue weighted by molar-refractivity contribution is 5.90. The van der Waals surface area contributed by atoms with E-state index in [4.69, 9.17) is 19.2 Å². The number of benzene rings is 3. The van der Waals surface area contributed by atoms with Crippen molar-refractivity contribution in [1.82, 2.24) is 19.5 Å². The lowest BCUT2D eigenvalue weighted by atomic mass is 10.1. The van der Waals surface area contributed by atoms with Gasteiger partial charge in [0.2, 0.25) is 0 Å². The standard InChI is InChI=1S/C33H30N4O5/c1-20-9-13-24(14-10-20)32(38)40-18-27-26(42-33(39)25-15-11-21(2)12-16-25)17-28(41-27)37-19-34-29-22(3)35-30(36-31(29)37)23-7-5-4-6-8-23/h4-16,19,26-28H,17-18H2,1-3H3/t26-,27+,28+/m0/s1. The van der Waals surface area contributed by atoms with Crippen molar-refractivity contribution in [3.8, 4) is 11.4 Å². The predicted octanol–water partition coefficient (Wildman–Crippen LogP) is 5.79. The average Bonchev–Trinajstić information content (AvgIpc) is 3.61. The molecule has 0 amide bonds. The van der Waals surface area contributed by atoms with Crippen LogP contribution in [0.4, 0.5) is 0 Å². The highest BCUT2D eigenvalue weighted by Crippen LogP contribution is 2.34. The Morgan fingerprint density at radius 1 is 0.857 bits per heavy atom. The number of aromatic nitrogens is 4. The van der Waals surface area contributed by atoms with Crippen LogP contribution in [-0.2, 0) is 14.2 Å². The third kappa shape index (κ3) is 5.64. The SMILES string of the molecule is Cc1ccc(C(=O)OC[C@H]2O[C@@H](n3cnc4c(C)nc(-c5ccccc5)nc43)C[C@@H]2OC(=O)c2ccc(C)cc2)cc1. The van der Waals surface area contributed by atoms with Gasteiger partial charge in [-0.2, -0.15) is 0 Å². The van der Waals surface area contributed by atoms with Gasteiger partial charge < -0.3 is 14.2 Å². The number of imidazole rings is 1. The minimum Gasteiger partial charge on any atom is -0.459 e. The van der Waals surface area contributed by atoms with Gasteiger partial charge in [0, 0.05) is 12.0 Å². The number of rotatable bonds is 7. The first-order valence-electron chi connectivity index (χ1n) is 13.8. The fraction of sp³-hybridized carbons (Fsp3) is 0.242. The minimum absolute atomic E-state index is 0.0923. The zero-order valence-electron chi connectivity index (χ0n) is 23.6. The third-order valence-corrected chi connectivity index (χ3v) is 7.33. The summed E-state index contributed by atoms with van der Waals surface area (Å²) >= 11 is 0. The van der Waals surface area contributed by atoms with Crippen LogP contribution in [0.2, 0.25) is 0 Å². The van der Waals surface area contributed by atoms with Crippen molar-refractivity contribution < 1.29 is 23.8 Å². The first kappa shape index (κ1) is 27.3. The molecule has 0 saturated carbocycles. The van der Waals surface area contributed by atoms with Crippen molar-refractivity contribution in [1.29, 1.82) is 0 Å². The minimum atomic E-state index is -0.701. The molecular formula is C33H30N4O5. The summed E-state index contributed by atoms with van der Waals surface area (Å²) in [6.45, 7) is 5.70. The first-order chi connectivity index (χ1) is 20.4. The van der Waals surface area contributed by atoms with Crippen molar-refractivity contribution in [2.24, 2.45) is 0 Å². The lowest BCUT2D eigenvalue weighted by Crippen LogP contribution is -2.32. The van der Waals surface area contributed by atoms with Crippen LogP contribution in [0.25, 0.3) is 22.6 Å². The molecule has 3 aromatic carbocycles. The van der Waals surface area contributed by atoms with Crippen molar-refractivity contribution in [2.75, 3.05) is 6.61 Å². The third-order valence-electron chi connectivity index (χ3n) is 7.33. The Morgan fingerprint density at radius 3 is 2.17 bits per heavy atom. The summed E-state index contributed by atoms with van der Waals surface area (Å²) in [5.41, 5.74) is 5.82. The van der Waals surface area contributed by atoms with Gasteiger partial charge in [-0.05, 0) is 45.0 Å². The molecule has 6 rings (SSSR count). The van der Waals surface area contributed by atoms with Gasteiger partial charge in [-0.1, -0.05) is 65.7 Å². The van der Waals surface area contributed by atoms with E-state index in [1.54, 1.807) is 30.6 Å². The molecule has 1 aliphatic rings. The molecule has 2 aromatic heterocycles. The van der Waals surface area contributed by atoms with E-state index in [9.17, 15) is 9.59 Å². The molecule has 9 nitrogen and oxygen atoms in total. The molecule has 1 saturated heterocycles. The topological polar surface area (TPSA) is 105 Å². The molecule has 42 heavy (non-hydrogen) atoms. The van der Waals surface area contributed by atoms with E-state index in [0.29, 0.717) is 34.5 Å². The summed E-state index contributed by atoms with van der Waals surface area (Å²) in [6.07, 6.45) is 0.0356. The van der Waals surface area contributed by atoms with E-state index < -0.39 is 30.4 Å². The van der Waals surface area contributed by atoms with Crippen LogP contribution in [-0.4, -0.2) is 50.3 Å². The average molecular weight is 563 g/mol. The fourth-order valence-corrected chi connectivity index (χ4v) is 4.96. The number of carbonyl (C=O) groups is 2. The van der Waals surface area contributed by atoms with E-state index in [2.05, 4.69) is 9.97 Å². The highest BCUT2D eigenvalue weighted by Gasteiger charge is 2.40. The summed E-state index contributed by atoms with van der Waals surface area (Å²) in [5.74, 6) is -0.375. The molecular weight excluding hydrogens is 532 g/mol. The molecule has 3 heterocycles. The number of esters is 2. The van der Waals surface area contributed by atoms with Gasteiger partial charge >= 0.3 is 11.9 Å². The molecule has 0 radical (unpaired) electrons. The van der Waals surface area contributed by atoms with Crippen molar-refractivity contribution in [3.05, 3.63) is 113 Å². The second kappa shape index (κ2) is 11.5. The Bertz CT molecular complexity index is 1730. The van der Waals surface area contributed by atoms with Crippen LogP contribution in [0.5, 0.6) is 0 Å².